The van der Waals surface area contributed by atoms with E-state index < -0.39 is 28.5 Å². The summed E-state index contributed by atoms with van der Waals surface area (Å²) < 4.78 is 26.4. The van der Waals surface area contributed by atoms with Gasteiger partial charge in [-0.3, -0.25) is 13.9 Å². The van der Waals surface area contributed by atoms with Gasteiger partial charge in [0.15, 0.2) is 0 Å². The Bertz CT molecular complexity index is 1050. The molecular weight excluding hydrogens is 450 g/mol. The van der Waals surface area contributed by atoms with Gasteiger partial charge in [-0.15, -0.1) is 0 Å². The van der Waals surface area contributed by atoms with Crippen LogP contribution in [0.3, 0.4) is 0 Å². The van der Waals surface area contributed by atoms with Crippen molar-refractivity contribution in [1.82, 2.24) is 10.2 Å². The number of aryl methyl sites for hydroxylation is 2. The lowest BCUT2D eigenvalue weighted by Crippen LogP contribution is -2.51. The number of para-hydroxylation sites is 1. The van der Waals surface area contributed by atoms with E-state index in [0.29, 0.717) is 17.3 Å². The highest BCUT2D eigenvalue weighted by Crippen LogP contribution is 2.27. The molecule has 0 aliphatic heterocycles. The maximum Gasteiger partial charge on any atom is 0.244 e. The van der Waals surface area contributed by atoms with Crippen LogP contribution in [0.1, 0.15) is 30.5 Å². The summed E-state index contributed by atoms with van der Waals surface area (Å²) in [4.78, 5) is 27.4. The van der Waals surface area contributed by atoms with Crippen molar-refractivity contribution in [3.63, 3.8) is 0 Å². The molecule has 174 valence electrons. The van der Waals surface area contributed by atoms with Gasteiger partial charge in [0.2, 0.25) is 21.8 Å². The van der Waals surface area contributed by atoms with E-state index in [4.69, 9.17) is 11.6 Å². The molecule has 0 aliphatic rings. The summed E-state index contributed by atoms with van der Waals surface area (Å²) in [5.41, 5.74) is 2.73. The number of amides is 2. The number of hydrogen-bond donors (Lipinski definition) is 1. The Kier molecular flexibility index (Phi) is 8.69. The number of carbonyl (C=O) groups excluding carboxylic acids is 2. The number of nitrogens with zero attached hydrogens (tertiary/aromatic N) is 2. The lowest BCUT2D eigenvalue weighted by atomic mass is 10.1. The lowest BCUT2D eigenvalue weighted by Gasteiger charge is -2.32. The van der Waals surface area contributed by atoms with Crippen LogP contribution in [0.5, 0.6) is 0 Å². The van der Waals surface area contributed by atoms with Gasteiger partial charge >= 0.3 is 0 Å². The Morgan fingerprint density at radius 1 is 1.06 bits per heavy atom. The lowest BCUT2D eigenvalue weighted by molar-refractivity contribution is -0.139. The minimum Gasteiger partial charge on any atom is -0.355 e. The van der Waals surface area contributed by atoms with E-state index in [1.807, 2.05) is 6.07 Å². The zero-order valence-corrected chi connectivity index (χ0v) is 20.6. The molecule has 0 spiro atoms. The molecule has 0 heterocycles. The van der Waals surface area contributed by atoms with Crippen LogP contribution in [-0.4, -0.2) is 50.5 Å². The molecule has 0 aromatic heterocycles. The van der Waals surface area contributed by atoms with E-state index >= 15 is 0 Å². The predicted octanol–water partition coefficient (Wildman–Crippen LogP) is 3.28. The maximum absolute atomic E-state index is 13.4. The van der Waals surface area contributed by atoms with E-state index in [-0.39, 0.29) is 12.5 Å². The molecule has 0 bridgehead atoms. The number of sulfonamides is 1. The molecule has 32 heavy (non-hydrogen) atoms. The third kappa shape index (κ3) is 6.46. The molecule has 0 aliphatic carbocycles. The molecule has 0 unspecified atom stereocenters. The molecule has 2 aromatic rings. The first-order valence-corrected chi connectivity index (χ1v) is 12.5. The van der Waals surface area contributed by atoms with Gasteiger partial charge in [-0.2, -0.15) is 0 Å². The number of nitrogens with one attached hydrogen (secondary N) is 1. The first-order valence-electron chi connectivity index (χ1n) is 10.3. The molecule has 7 nitrogen and oxygen atoms in total. The Morgan fingerprint density at radius 2 is 1.62 bits per heavy atom. The van der Waals surface area contributed by atoms with Crippen molar-refractivity contribution in [3.05, 3.63) is 64.2 Å². The van der Waals surface area contributed by atoms with Crippen molar-refractivity contribution in [2.75, 3.05) is 23.7 Å². The van der Waals surface area contributed by atoms with Crippen molar-refractivity contribution in [1.29, 1.82) is 0 Å². The summed E-state index contributed by atoms with van der Waals surface area (Å²) in [6, 6.07) is 11.6. The molecule has 2 amide bonds. The van der Waals surface area contributed by atoms with Gasteiger partial charge in [0.25, 0.3) is 0 Å². The van der Waals surface area contributed by atoms with Crippen molar-refractivity contribution < 1.29 is 18.0 Å². The molecule has 0 fully saturated rings. The second-order valence-corrected chi connectivity index (χ2v) is 10.1. The first kappa shape index (κ1) is 25.7. The number of anilines is 1. The quantitative estimate of drug-likeness (QED) is 0.598. The van der Waals surface area contributed by atoms with Crippen molar-refractivity contribution >= 4 is 39.1 Å². The number of likely N-dealkylation sites (N-methyl/N-ethyl adjacent to an activating group) is 1. The van der Waals surface area contributed by atoms with Crippen LogP contribution >= 0.6 is 11.6 Å². The highest BCUT2D eigenvalue weighted by Gasteiger charge is 2.30. The van der Waals surface area contributed by atoms with Gasteiger partial charge in [0, 0.05) is 18.1 Å². The maximum atomic E-state index is 13.4. The highest BCUT2D eigenvalue weighted by atomic mass is 35.5. The Labute approximate surface area is 195 Å². The van der Waals surface area contributed by atoms with Crippen LogP contribution in [0.25, 0.3) is 0 Å². The standard InChI is InChI=1S/C23H30ClN3O4S/c1-6-25-23(29)18(4)26(14-19-10-12-20(24)13-11-19)21(28)15-27(32(5,30)31)22-16(2)8-7-9-17(22)3/h7-13,18H,6,14-15H2,1-5H3,(H,25,29)/t18-/m1/s1. The molecule has 2 rings (SSSR count). The highest BCUT2D eigenvalue weighted by molar-refractivity contribution is 7.92. The van der Waals surface area contributed by atoms with Crippen LogP contribution in [0.2, 0.25) is 5.02 Å². The summed E-state index contributed by atoms with van der Waals surface area (Å²) in [5.74, 6) is -0.792. The largest absolute Gasteiger partial charge is 0.355 e. The molecule has 0 saturated heterocycles. The number of hydrogen-bond acceptors (Lipinski definition) is 4. The van der Waals surface area contributed by atoms with Crippen LogP contribution in [0, 0.1) is 13.8 Å². The van der Waals surface area contributed by atoms with Gasteiger partial charge < -0.3 is 10.2 Å². The molecule has 0 radical (unpaired) electrons. The number of carbonyl (C=O) groups is 2. The minimum atomic E-state index is -3.76. The van der Waals surface area contributed by atoms with Gasteiger partial charge in [-0.25, -0.2) is 8.42 Å². The van der Waals surface area contributed by atoms with E-state index in [1.54, 1.807) is 64.1 Å². The zero-order valence-electron chi connectivity index (χ0n) is 19.1. The monoisotopic (exact) mass is 479 g/mol. The van der Waals surface area contributed by atoms with E-state index in [2.05, 4.69) is 5.32 Å². The van der Waals surface area contributed by atoms with Gasteiger partial charge in [0.05, 0.1) is 11.9 Å². The van der Waals surface area contributed by atoms with Gasteiger partial charge in [0.1, 0.15) is 12.6 Å². The van der Waals surface area contributed by atoms with Gasteiger partial charge in [-0.1, -0.05) is 41.9 Å². The van der Waals surface area contributed by atoms with Crippen LogP contribution < -0.4 is 9.62 Å². The van der Waals surface area contributed by atoms with E-state index in [9.17, 15) is 18.0 Å². The summed E-state index contributed by atoms with van der Waals surface area (Å²) >= 11 is 5.96. The molecule has 1 atom stereocenters. The molecular formula is C23H30ClN3O4S. The summed E-state index contributed by atoms with van der Waals surface area (Å²) in [7, 11) is -3.76. The zero-order chi connectivity index (χ0) is 24.1. The smallest absolute Gasteiger partial charge is 0.244 e. The molecule has 2 aromatic carbocycles. The first-order chi connectivity index (χ1) is 15.0. The average Bonchev–Trinajstić information content (AvgIpc) is 2.71. The van der Waals surface area contributed by atoms with Gasteiger partial charge in [-0.05, 0) is 56.5 Å². The predicted molar refractivity (Wildman–Crippen MR) is 128 cm³/mol. The summed E-state index contributed by atoms with van der Waals surface area (Å²) in [6.45, 7) is 7.16. The Morgan fingerprint density at radius 3 is 2.12 bits per heavy atom. The SMILES string of the molecule is CCNC(=O)[C@@H](C)N(Cc1ccc(Cl)cc1)C(=O)CN(c1c(C)cccc1C)S(C)(=O)=O. The van der Waals surface area contributed by atoms with Crippen LogP contribution in [0.4, 0.5) is 5.69 Å². The number of halogens is 1. The molecule has 1 N–H and O–H groups in total. The summed E-state index contributed by atoms with van der Waals surface area (Å²) in [5, 5.41) is 3.28. The average molecular weight is 480 g/mol. The van der Waals surface area contributed by atoms with E-state index in [0.717, 1.165) is 27.3 Å². The second kappa shape index (κ2) is 10.8. The van der Waals surface area contributed by atoms with Crippen molar-refractivity contribution in [3.8, 4) is 0 Å². The Hall–Kier alpha value is -2.58. The van der Waals surface area contributed by atoms with Crippen molar-refractivity contribution in [2.24, 2.45) is 0 Å². The third-order valence-corrected chi connectivity index (χ3v) is 6.52. The second-order valence-electron chi connectivity index (χ2n) is 7.73. The number of rotatable bonds is 9. The fourth-order valence-corrected chi connectivity index (χ4v) is 4.56. The van der Waals surface area contributed by atoms with E-state index in [1.165, 1.54) is 4.90 Å². The molecule has 0 saturated carbocycles. The minimum absolute atomic E-state index is 0.138. The third-order valence-electron chi connectivity index (χ3n) is 5.15. The summed E-state index contributed by atoms with van der Waals surface area (Å²) in [6.07, 6.45) is 1.07. The topological polar surface area (TPSA) is 86.8 Å². The van der Waals surface area contributed by atoms with Crippen molar-refractivity contribution in [2.45, 2.75) is 40.3 Å². The number of benzene rings is 2. The normalized spacial score (nSPS) is 12.2. The molecule has 9 heteroatoms. The van der Waals surface area contributed by atoms with Crippen LogP contribution in [-0.2, 0) is 26.2 Å². The Balaban J connectivity index is 2.43. The van der Waals surface area contributed by atoms with Crippen LogP contribution in [0.15, 0.2) is 42.5 Å². The fourth-order valence-electron chi connectivity index (χ4n) is 3.47. The fraction of sp³-hybridized carbons (Fsp3) is 0.391.